The Morgan fingerprint density at radius 1 is 1.14 bits per heavy atom. The van der Waals surface area contributed by atoms with Gasteiger partial charge in [0.15, 0.2) is 5.96 Å². The van der Waals surface area contributed by atoms with Crippen molar-refractivity contribution in [2.75, 3.05) is 26.7 Å². The number of aromatic nitrogens is 1. The number of aliphatic hydroxyl groups is 3. The van der Waals surface area contributed by atoms with Crippen molar-refractivity contribution in [3.8, 4) is 0 Å². The van der Waals surface area contributed by atoms with Gasteiger partial charge in [-0.05, 0) is 87.1 Å². The van der Waals surface area contributed by atoms with Crippen LogP contribution >= 0.6 is 0 Å². The maximum absolute atomic E-state index is 11.8. The second kappa shape index (κ2) is 11.4. The van der Waals surface area contributed by atoms with Crippen LogP contribution in [0.2, 0.25) is 0 Å². The summed E-state index contributed by atoms with van der Waals surface area (Å²) in [6.07, 6.45) is 6.10. The summed E-state index contributed by atoms with van der Waals surface area (Å²) >= 11 is 0. The van der Waals surface area contributed by atoms with Crippen molar-refractivity contribution in [2.45, 2.75) is 69.5 Å². The number of benzene rings is 1. The van der Waals surface area contributed by atoms with Gasteiger partial charge in [0.05, 0.1) is 11.2 Å². The molecule has 6 N–H and O–H groups in total. The number of aliphatic imine (C=N–C) groups is 1. The number of allylic oxidation sites excluding steroid dienone is 1. The van der Waals surface area contributed by atoms with Gasteiger partial charge in [-0.3, -0.25) is 4.99 Å². The van der Waals surface area contributed by atoms with Crippen LogP contribution in [0, 0.1) is 17.8 Å². The number of aromatic amines is 1. The zero-order valence-electron chi connectivity index (χ0n) is 21.9. The number of rotatable bonds is 9. The number of nitrogens with one attached hydrogen (secondary N) is 3. The van der Waals surface area contributed by atoms with Crippen LogP contribution < -0.4 is 10.6 Å². The highest BCUT2D eigenvalue weighted by Crippen LogP contribution is 2.54. The number of hydrogen-bond donors (Lipinski definition) is 6. The molecular weight excluding hydrogens is 452 g/mol. The van der Waals surface area contributed by atoms with E-state index in [4.69, 9.17) is 5.11 Å². The normalized spacial score (nSPS) is 30.7. The first-order valence-corrected chi connectivity index (χ1v) is 13.5. The fraction of sp³-hybridized carbons (Fsp3) is 0.621. The van der Waals surface area contributed by atoms with E-state index >= 15 is 0 Å². The van der Waals surface area contributed by atoms with Crippen LogP contribution in [0.4, 0.5) is 0 Å². The van der Waals surface area contributed by atoms with E-state index in [1.807, 2.05) is 13.0 Å². The Kier molecular flexibility index (Phi) is 8.43. The molecule has 4 rings (SSSR count). The Labute approximate surface area is 215 Å². The fourth-order valence-corrected chi connectivity index (χ4v) is 6.57. The minimum atomic E-state index is -0.824. The molecule has 0 radical (unpaired) electrons. The SMILES string of the molecule is C=C(Cc1cc2ccccc2[nH]1)C1CCC(C)(O)C2CCC(O)(CCNC(=NC)NCCCO)C2C1. The first-order valence-electron chi connectivity index (χ1n) is 13.5. The largest absolute Gasteiger partial charge is 0.396 e. The third-order valence-corrected chi connectivity index (χ3v) is 8.68. The Morgan fingerprint density at radius 3 is 2.67 bits per heavy atom. The number of para-hydroxylation sites is 1. The molecule has 0 bridgehead atoms. The molecule has 0 aliphatic heterocycles. The zero-order chi connectivity index (χ0) is 25.8. The van der Waals surface area contributed by atoms with Gasteiger partial charge in [-0.15, -0.1) is 0 Å². The average Bonchev–Trinajstić information content (AvgIpc) is 3.37. The van der Waals surface area contributed by atoms with E-state index in [-0.39, 0.29) is 24.4 Å². The quantitative estimate of drug-likeness (QED) is 0.138. The molecule has 2 aromatic rings. The summed E-state index contributed by atoms with van der Waals surface area (Å²) < 4.78 is 0. The molecule has 7 heteroatoms. The van der Waals surface area contributed by atoms with Crippen molar-refractivity contribution in [1.82, 2.24) is 15.6 Å². The van der Waals surface area contributed by atoms with Crippen LogP contribution in [0.1, 0.15) is 57.6 Å². The van der Waals surface area contributed by atoms with Crippen LogP contribution in [-0.2, 0) is 6.42 Å². The van der Waals surface area contributed by atoms with E-state index in [0.29, 0.717) is 38.3 Å². The molecule has 198 valence electrons. The summed E-state index contributed by atoms with van der Waals surface area (Å²) in [7, 11) is 1.72. The third kappa shape index (κ3) is 5.96. The Morgan fingerprint density at radius 2 is 1.92 bits per heavy atom. The molecule has 0 saturated heterocycles. The summed E-state index contributed by atoms with van der Waals surface area (Å²) in [5, 5.41) is 39.9. The highest BCUT2D eigenvalue weighted by molar-refractivity contribution is 5.80. The summed E-state index contributed by atoms with van der Waals surface area (Å²) in [4.78, 5) is 7.76. The third-order valence-electron chi connectivity index (χ3n) is 8.68. The van der Waals surface area contributed by atoms with Gasteiger partial charge in [0.2, 0.25) is 0 Å². The van der Waals surface area contributed by atoms with Gasteiger partial charge in [0.25, 0.3) is 0 Å². The molecule has 2 fully saturated rings. The first-order chi connectivity index (χ1) is 17.3. The lowest BCUT2D eigenvalue weighted by atomic mass is 9.74. The van der Waals surface area contributed by atoms with Gasteiger partial charge < -0.3 is 30.9 Å². The number of nitrogens with zero attached hydrogens (tertiary/aromatic N) is 1. The fourth-order valence-electron chi connectivity index (χ4n) is 6.57. The molecule has 2 aliphatic carbocycles. The maximum atomic E-state index is 11.8. The highest BCUT2D eigenvalue weighted by atomic mass is 16.3. The number of H-pyrrole nitrogens is 1. The molecule has 2 saturated carbocycles. The van der Waals surface area contributed by atoms with Crippen LogP contribution in [0.3, 0.4) is 0 Å². The van der Waals surface area contributed by atoms with Crippen molar-refractivity contribution < 1.29 is 15.3 Å². The standard InChI is InChI=1S/C29H44N4O3/c1-20(17-23-18-22-7-4-5-8-26(22)33-23)21-9-11-28(2,35)24-10-12-29(36,25(24)19-21)13-15-32-27(30-3)31-14-6-16-34/h4-5,7-8,18,21,24-25,33-36H,1,6,9-17,19H2,2-3H3,(H2,30,31,32). The summed E-state index contributed by atoms with van der Waals surface area (Å²) in [6, 6.07) is 10.5. The van der Waals surface area contributed by atoms with Gasteiger partial charge in [-0.25, -0.2) is 0 Å². The van der Waals surface area contributed by atoms with Crippen molar-refractivity contribution >= 4 is 16.9 Å². The first kappa shape index (κ1) is 26.7. The molecule has 5 unspecified atom stereocenters. The van der Waals surface area contributed by atoms with Crippen LogP contribution in [0.25, 0.3) is 10.9 Å². The summed E-state index contributed by atoms with van der Waals surface area (Å²) in [5.41, 5.74) is 1.89. The minimum Gasteiger partial charge on any atom is -0.396 e. The Balaban J connectivity index is 1.42. The number of guanidine groups is 1. The molecule has 0 amide bonds. The van der Waals surface area contributed by atoms with Crippen LogP contribution in [-0.4, -0.2) is 64.2 Å². The van der Waals surface area contributed by atoms with E-state index in [0.717, 1.165) is 37.6 Å². The molecular formula is C29H44N4O3. The number of aliphatic hydroxyl groups excluding tert-OH is 1. The highest BCUT2D eigenvalue weighted by Gasteiger charge is 2.54. The zero-order valence-corrected chi connectivity index (χ0v) is 21.9. The molecule has 1 aromatic heterocycles. The Bertz CT molecular complexity index is 1030. The molecule has 5 atom stereocenters. The van der Waals surface area contributed by atoms with Crippen LogP contribution in [0.5, 0.6) is 0 Å². The second-order valence-corrected chi connectivity index (χ2v) is 11.2. The predicted octanol–water partition coefficient (Wildman–Crippen LogP) is 3.51. The monoisotopic (exact) mass is 496 g/mol. The van der Waals surface area contributed by atoms with E-state index < -0.39 is 11.2 Å². The van der Waals surface area contributed by atoms with Gasteiger partial charge in [-0.1, -0.05) is 30.4 Å². The van der Waals surface area contributed by atoms with Gasteiger partial charge in [-0.2, -0.15) is 0 Å². The molecule has 0 spiro atoms. The number of fused-ring (bicyclic) bond motifs is 2. The van der Waals surface area contributed by atoms with Crippen molar-refractivity contribution in [3.05, 3.63) is 48.2 Å². The average molecular weight is 497 g/mol. The lowest BCUT2D eigenvalue weighted by Gasteiger charge is -2.37. The lowest BCUT2D eigenvalue weighted by Crippen LogP contribution is -2.45. The summed E-state index contributed by atoms with van der Waals surface area (Å²) in [6.45, 7) is 7.84. The summed E-state index contributed by atoms with van der Waals surface area (Å²) in [5.74, 6) is 1.07. The van der Waals surface area contributed by atoms with Crippen molar-refractivity contribution in [2.24, 2.45) is 22.7 Å². The molecule has 7 nitrogen and oxygen atoms in total. The number of hydrogen-bond acceptors (Lipinski definition) is 4. The van der Waals surface area contributed by atoms with Gasteiger partial charge in [0.1, 0.15) is 0 Å². The van der Waals surface area contributed by atoms with E-state index in [2.05, 4.69) is 51.5 Å². The molecule has 2 aliphatic rings. The van der Waals surface area contributed by atoms with E-state index in [1.54, 1.807) is 7.05 Å². The van der Waals surface area contributed by atoms with Gasteiger partial charge in [0, 0.05) is 44.4 Å². The van der Waals surface area contributed by atoms with E-state index in [9.17, 15) is 10.2 Å². The maximum Gasteiger partial charge on any atom is 0.190 e. The topological polar surface area (TPSA) is 113 Å². The lowest BCUT2D eigenvalue weighted by molar-refractivity contribution is -0.0642. The van der Waals surface area contributed by atoms with Crippen LogP contribution in [0.15, 0.2) is 47.5 Å². The van der Waals surface area contributed by atoms with Crippen molar-refractivity contribution in [3.63, 3.8) is 0 Å². The van der Waals surface area contributed by atoms with Gasteiger partial charge >= 0.3 is 0 Å². The molecule has 1 aromatic carbocycles. The van der Waals surface area contributed by atoms with E-state index in [1.165, 1.54) is 16.7 Å². The second-order valence-electron chi connectivity index (χ2n) is 11.2. The minimum absolute atomic E-state index is 0.0330. The Hall–Kier alpha value is -2.35. The van der Waals surface area contributed by atoms with Crippen molar-refractivity contribution in [1.29, 1.82) is 0 Å². The molecule has 1 heterocycles. The predicted molar refractivity (Wildman–Crippen MR) is 146 cm³/mol. The smallest absolute Gasteiger partial charge is 0.190 e. The molecule has 36 heavy (non-hydrogen) atoms.